The maximum absolute atomic E-state index is 13.1. The Morgan fingerprint density at radius 2 is 1.89 bits per heavy atom. The van der Waals surface area contributed by atoms with Crippen LogP contribution >= 0.6 is 11.6 Å². The van der Waals surface area contributed by atoms with Gasteiger partial charge in [-0.2, -0.15) is 4.80 Å². The summed E-state index contributed by atoms with van der Waals surface area (Å²) in [6, 6.07) is 15.1. The SMILES string of the molecule is CCC(C(=O)N1CCc2ccccc2C1)n1nnc(-c2ccc(Cl)cc2)n1. The predicted octanol–water partition coefficient (Wildman–Crippen LogP) is 3.53. The molecule has 0 N–H and O–H groups in total. The summed E-state index contributed by atoms with van der Waals surface area (Å²) in [5, 5.41) is 13.4. The Kier molecular flexibility index (Phi) is 4.90. The standard InChI is InChI=1S/C20H20ClN5O/c1-2-18(20(27)25-12-11-14-5-3-4-6-16(14)13-25)26-23-19(22-24-26)15-7-9-17(21)10-8-15/h3-10,18H,2,11-13H2,1H3. The average molecular weight is 382 g/mol. The lowest BCUT2D eigenvalue weighted by Gasteiger charge is -2.31. The maximum atomic E-state index is 13.1. The van der Waals surface area contributed by atoms with Gasteiger partial charge in [0.05, 0.1) is 0 Å². The predicted molar refractivity (Wildman–Crippen MR) is 103 cm³/mol. The van der Waals surface area contributed by atoms with Gasteiger partial charge in [0.15, 0.2) is 6.04 Å². The molecule has 0 radical (unpaired) electrons. The molecule has 0 fully saturated rings. The molecule has 2 heterocycles. The third-order valence-corrected chi connectivity index (χ3v) is 5.18. The van der Waals surface area contributed by atoms with Crippen LogP contribution in [0.5, 0.6) is 0 Å². The topological polar surface area (TPSA) is 63.9 Å². The van der Waals surface area contributed by atoms with Crippen molar-refractivity contribution >= 4 is 17.5 Å². The summed E-state index contributed by atoms with van der Waals surface area (Å²) in [6.07, 6.45) is 1.48. The summed E-state index contributed by atoms with van der Waals surface area (Å²) in [5.74, 6) is 0.522. The zero-order valence-electron chi connectivity index (χ0n) is 15.0. The minimum Gasteiger partial charge on any atom is -0.336 e. The molecule has 0 aliphatic carbocycles. The van der Waals surface area contributed by atoms with E-state index in [2.05, 4.69) is 27.5 Å². The molecule has 4 rings (SSSR count). The molecule has 1 aliphatic heterocycles. The Labute approximate surface area is 162 Å². The minimum atomic E-state index is -0.455. The van der Waals surface area contributed by atoms with Gasteiger partial charge in [0, 0.05) is 23.7 Å². The Hall–Kier alpha value is -2.73. The van der Waals surface area contributed by atoms with Crippen molar-refractivity contribution < 1.29 is 4.79 Å². The number of carbonyl (C=O) groups is 1. The Bertz CT molecular complexity index is 953. The van der Waals surface area contributed by atoms with E-state index in [1.54, 1.807) is 12.1 Å². The van der Waals surface area contributed by atoms with Crippen molar-refractivity contribution in [2.45, 2.75) is 32.4 Å². The van der Waals surface area contributed by atoms with Crippen LogP contribution in [-0.2, 0) is 17.8 Å². The molecule has 0 saturated carbocycles. The number of fused-ring (bicyclic) bond motifs is 1. The first-order valence-electron chi connectivity index (χ1n) is 9.06. The lowest BCUT2D eigenvalue weighted by Crippen LogP contribution is -2.41. The van der Waals surface area contributed by atoms with Gasteiger partial charge in [-0.1, -0.05) is 42.8 Å². The molecule has 2 aromatic carbocycles. The monoisotopic (exact) mass is 381 g/mol. The Morgan fingerprint density at radius 1 is 1.15 bits per heavy atom. The van der Waals surface area contributed by atoms with E-state index in [-0.39, 0.29) is 5.91 Å². The van der Waals surface area contributed by atoms with Crippen LogP contribution in [0.3, 0.4) is 0 Å². The lowest BCUT2D eigenvalue weighted by atomic mass is 9.99. The van der Waals surface area contributed by atoms with Crippen LogP contribution in [0.25, 0.3) is 11.4 Å². The molecule has 3 aromatic rings. The number of nitrogens with zero attached hydrogens (tertiary/aromatic N) is 5. The third kappa shape index (κ3) is 3.57. The number of rotatable bonds is 4. The summed E-state index contributed by atoms with van der Waals surface area (Å²) in [4.78, 5) is 16.4. The van der Waals surface area contributed by atoms with Crippen molar-refractivity contribution in [3.8, 4) is 11.4 Å². The zero-order chi connectivity index (χ0) is 18.8. The Balaban J connectivity index is 1.54. The van der Waals surface area contributed by atoms with Crippen LogP contribution in [0, 0.1) is 0 Å². The molecule has 0 saturated heterocycles. The van der Waals surface area contributed by atoms with Gasteiger partial charge in [-0.3, -0.25) is 4.79 Å². The fourth-order valence-electron chi connectivity index (χ4n) is 3.40. The number of amides is 1. The van der Waals surface area contributed by atoms with Crippen LogP contribution < -0.4 is 0 Å². The molecule has 1 aromatic heterocycles. The molecule has 7 heteroatoms. The quantitative estimate of drug-likeness (QED) is 0.693. The van der Waals surface area contributed by atoms with Crippen LogP contribution in [-0.4, -0.2) is 37.6 Å². The van der Waals surface area contributed by atoms with Gasteiger partial charge in [0.1, 0.15) is 0 Å². The normalized spacial score (nSPS) is 14.7. The van der Waals surface area contributed by atoms with Gasteiger partial charge in [0.2, 0.25) is 11.7 Å². The number of carbonyl (C=O) groups excluding carboxylic acids is 1. The molecule has 1 unspecified atom stereocenters. The second-order valence-electron chi connectivity index (χ2n) is 6.64. The molecular formula is C20H20ClN5O. The molecule has 6 nitrogen and oxygen atoms in total. The van der Waals surface area contributed by atoms with E-state index in [9.17, 15) is 4.79 Å². The van der Waals surface area contributed by atoms with E-state index < -0.39 is 6.04 Å². The Morgan fingerprint density at radius 3 is 2.63 bits per heavy atom. The van der Waals surface area contributed by atoms with E-state index in [0.29, 0.717) is 30.4 Å². The highest BCUT2D eigenvalue weighted by molar-refractivity contribution is 6.30. The first-order chi connectivity index (χ1) is 13.2. The average Bonchev–Trinajstić information content (AvgIpc) is 3.18. The molecule has 1 amide bonds. The first kappa shape index (κ1) is 17.7. The van der Waals surface area contributed by atoms with E-state index >= 15 is 0 Å². The van der Waals surface area contributed by atoms with Gasteiger partial charge in [-0.15, -0.1) is 10.2 Å². The molecule has 0 bridgehead atoms. The molecule has 138 valence electrons. The minimum absolute atomic E-state index is 0.0343. The summed E-state index contributed by atoms with van der Waals surface area (Å²) in [5.41, 5.74) is 3.35. The fraction of sp³-hybridized carbons (Fsp3) is 0.300. The van der Waals surface area contributed by atoms with Crippen LogP contribution in [0.4, 0.5) is 0 Å². The van der Waals surface area contributed by atoms with Crippen molar-refractivity contribution in [2.24, 2.45) is 0 Å². The first-order valence-corrected chi connectivity index (χ1v) is 9.44. The number of aromatic nitrogens is 4. The highest BCUT2D eigenvalue weighted by atomic mass is 35.5. The summed E-state index contributed by atoms with van der Waals surface area (Å²) in [6.45, 7) is 3.31. The van der Waals surface area contributed by atoms with Crippen molar-refractivity contribution in [3.05, 3.63) is 64.7 Å². The van der Waals surface area contributed by atoms with Crippen molar-refractivity contribution in [2.75, 3.05) is 6.54 Å². The molecule has 27 heavy (non-hydrogen) atoms. The van der Waals surface area contributed by atoms with E-state index in [0.717, 1.165) is 12.0 Å². The smallest absolute Gasteiger partial charge is 0.249 e. The number of benzene rings is 2. The number of hydrogen-bond acceptors (Lipinski definition) is 4. The summed E-state index contributed by atoms with van der Waals surface area (Å²) < 4.78 is 0. The maximum Gasteiger partial charge on any atom is 0.249 e. The van der Waals surface area contributed by atoms with Gasteiger partial charge >= 0.3 is 0 Å². The van der Waals surface area contributed by atoms with Gasteiger partial charge in [0.25, 0.3) is 0 Å². The molecular weight excluding hydrogens is 362 g/mol. The molecule has 1 aliphatic rings. The van der Waals surface area contributed by atoms with E-state index in [4.69, 9.17) is 11.6 Å². The highest BCUT2D eigenvalue weighted by Gasteiger charge is 2.29. The van der Waals surface area contributed by atoms with E-state index in [1.165, 1.54) is 15.9 Å². The zero-order valence-corrected chi connectivity index (χ0v) is 15.8. The third-order valence-electron chi connectivity index (χ3n) is 4.92. The molecule has 0 spiro atoms. The number of hydrogen-bond donors (Lipinski definition) is 0. The highest BCUT2D eigenvalue weighted by Crippen LogP contribution is 2.23. The van der Waals surface area contributed by atoms with Crippen LogP contribution in [0.2, 0.25) is 5.02 Å². The van der Waals surface area contributed by atoms with Crippen LogP contribution in [0.15, 0.2) is 48.5 Å². The lowest BCUT2D eigenvalue weighted by molar-refractivity contribution is -0.136. The van der Waals surface area contributed by atoms with E-state index in [1.807, 2.05) is 36.1 Å². The second-order valence-corrected chi connectivity index (χ2v) is 7.08. The fourth-order valence-corrected chi connectivity index (χ4v) is 3.53. The van der Waals surface area contributed by atoms with Crippen molar-refractivity contribution in [1.82, 2.24) is 25.1 Å². The van der Waals surface area contributed by atoms with Gasteiger partial charge in [-0.25, -0.2) is 0 Å². The molecule has 1 atom stereocenters. The number of halogens is 1. The van der Waals surface area contributed by atoms with Crippen molar-refractivity contribution in [3.63, 3.8) is 0 Å². The van der Waals surface area contributed by atoms with Gasteiger partial charge < -0.3 is 4.90 Å². The largest absolute Gasteiger partial charge is 0.336 e. The second kappa shape index (κ2) is 7.48. The summed E-state index contributed by atoms with van der Waals surface area (Å²) >= 11 is 5.93. The van der Waals surface area contributed by atoms with Crippen LogP contribution in [0.1, 0.15) is 30.5 Å². The van der Waals surface area contributed by atoms with Crippen molar-refractivity contribution in [1.29, 1.82) is 0 Å². The van der Waals surface area contributed by atoms with Gasteiger partial charge in [-0.05, 0) is 53.4 Å². The summed E-state index contributed by atoms with van der Waals surface area (Å²) in [7, 11) is 0. The number of tetrazole rings is 1.